The van der Waals surface area contributed by atoms with Crippen molar-refractivity contribution in [1.82, 2.24) is 15.3 Å². The first-order chi connectivity index (χ1) is 13.3. The molecule has 5 rings (SSSR count). The van der Waals surface area contributed by atoms with Gasteiger partial charge in [0.05, 0.1) is 0 Å². The lowest BCUT2D eigenvalue weighted by Crippen LogP contribution is -2.28. The zero-order valence-electron chi connectivity index (χ0n) is 15.1. The molecule has 1 aromatic carbocycles. The summed E-state index contributed by atoms with van der Waals surface area (Å²) in [5.41, 5.74) is 1.46. The smallest absolute Gasteiger partial charge is 0.350 e. The molecule has 0 atom stereocenters. The van der Waals surface area contributed by atoms with Crippen molar-refractivity contribution in [3.8, 4) is 11.5 Å². The Hall–Kier alpha value is -2.90. The third-order valence-electron chi connectivity index (χ3n) is 4.77. The highest BCUT2D eigenvalue weighted by Gasteiger charge is 2.16. The number of para-hydroxylation sites is 2. The minimum absolute atomic E-state index is 0. The van der Waals surface area contributed by atoms with Gasteiger partial charge in [-0.3, -0.25) is 0 Å². The molecule has 0 bridgehead atoms. The van der Waals surface area contributed by atoms with E-state index in [1.165, 1.54) is 0 Å². The van der Waals surface area contributed by atoms with Gasteiger partial charge in [0.2, 0.25) is 11.6 Å². The predicted octanol–water partition coefficient (Wildman–Crippen LogP) is 3.22. The fourth-order valence-corrected chi connectivity index (χ4v) is 3.38. The van der Waals surface area contributed by atoms with Gasteiger partial charge in [-0.15, -0.1) is 12.4 Å². The number of aromatic nitrogens is 2. The van der Waals surface area contributed by atoms with Crippen molar-refractivity contribution in [2.45, 2.75) is 6.42 Å². The monoisotopic (exact) mass is 398 g/mol. The van der Waals surface area contributed by atoms with Crippen molar-refractivity contribution in [3.05, 3.63) is 52.9 Å². The summed E-state index contributed by atoms with van der Waals surface area (Å²) in [5, 5.41) is 4.11. The Balaban J connectivity index is 0.00000192. The van der Waals surface area contributed by atoms with Crippen molar-refractivity contribution in [1.29, 1.82) is 0 Å². The molecule has 1 fully saturated rings. The van der Waals surface area contributed by atoms with Gasteiger partial charge < -0.3 is 19.1 Å². The van der Waals surface area contributed by atoms with Gasteiger partial charge in [0, 0.05) is 25.0 Å². The van der Waals surface area contributed by atoms with E-state index in [2.05, 4.69) is 20.2 Å². The Labute approximate surface area is 166 Å². The molecule has 0 amide bonds. The lowest BCUT2D eigenvalue weighted by molar-refractivity contribution is 0.543. The van der Waals surface area contributed by atoms with E-state index in [0.29, 0.717) is 22.4 Å². The summed E-state index contributed by atoms with van der Waals surface area (Å²) in [5.74, 6) is 1.08. The Morgan fingerprint density at radius 1 is 1.00 bits per heavy atom. The van der Waals surface area contributed by atoms with Crippen molar-refractivity contribution in [2.75, 3.05) is 31.1 Å². The minimum atomic E-state index is -0.503. The molecular weight excluding hydrogens is 380 g/mol. The molecule has 1 saturated heterocycles. The number of oxazole rings is 1. The number of halogens is 1. The van der Waals surface area contributed by atoms with Crippen LogP contribution in [-0.2, 0) is 0 Å². The SMILES string of the molecule is Cl.O=c1oc2nc(N3CCCNCC3)ccc2cc1-c1nc2ccccc2o1. The maximum atomic E-state index is 12.5. The van der Waals surface area contributed by atoms with Gasteiger partial charge in [-0.05, 0) is 43.3 Å². The number of pyridine rings is 1. The van der Waals surface area contributed by atoms with E-state index in [1.807, 2.05) is 36.4 Å². The van der Waals surface area contributed by atoms with Gasteiger partial charge in [0.1, 0.15) is 16.9 Å². The second kappa shape index (κ2) is 7.61. The maximum absolute atomic E-state index is 12.5. The van der Waals surface area contributed by atoms with Crippen molar-refractivity contribution < 1.29 is 8.83 Å². The molecule has 0 radical (unpaired) electrons. The van der Waals surface area contributed by atoms with Crippen LogP contribution in [0.25, 0.3) is 33.7 Å². The highest BCUT2D eigenvalue weighted by molar-refractivity contribution is 5.85. The van der Waals surface area contributed by atoms with Crippen LogP contribution < -0.4 is 15.8 Å². The second-order valence-electron chi connectivity index (χ2n) is 6.59. The summed E-state index contributed by atoms with van der Waals surface area (Å²) in [6.07, 6.45) is 1.06. The lowest BCUT2D eigenvalue weighted by atomic mass is 10.2. The average Bonchev–Trinajstić information content (AvgIpc) is 2.92. The normalized spacial score (nSPS) is 14.8. The fraction of sp³-hybridized carbons (Fsp3) is 0.250. The number of nitrogens with zero attached hydrogens (tertiary/aromatic N) is 3. The third kappa shape index (κ3) is 3.34. The first-order valence-electron chi connectivity index (χ1n) is 9.04. The highest BCUT2D eigenvalue weighted by Crippen LogP contribution is 2.25. The van der Waals surface area contributed by atoms with Crippen molar-refractivity contribution in [2.24, 2.45) is 0 Å². The Morgan fingerprint density at radius 3 is 2.79 bits per heavy atom. The van der Waals surface area contributed by atoms with Crippen LogP contribution >= 0.6 is 12.4 Å². The summed E-state index contributed by atoms with van der Waals surface area (Å²) in [7, 11) is 0. The molecule has 0 unspecified atom stereocenters. The quantitative estimate of drug-likeness (QED) is 0.555. The van der Waals surface area contributed by atoms with E-state index in [0.717, 1.165) is 43.8 Å². The molecule has 3 aromatic heterocycles. The standard InChI is InChI=1S/C20H18N4O3.ClH/c25-20-14(19-22-15-4-1-2-5-16(15)26-19)12-13-6-7-17(23-18(13)27-20)24-10-3-8-21-9-11-24;/h1-2,4-7,12,21H,3,8-11H2;1H. The predicted molar refractivity (Wildman–Crippen MR) is 110 cm³/mol. The lowest BCUT2D eigenvalue weighted by Gasteiger charge is -2.20. The number of benzene rings is 1. The summed E-state index contributed by atoms with van der Waals surface area (Å²) >= 11 is 0. The average molecular weight is 399 g/mol. The van der Waals surface area contributed by atoms with E-state index < -0.39 is 5.63 Å². The van der Waals surface area contributed by atoms with Crippen LogP contribution in [0.2, 0.25) is 0 Å². The largest absolute Gasteiger partial charge is 0.436 e. The van der Waals surface area contributed by atoms with Crippen molar-refractivity contribution in [3.63, 3.8) is 0 Å². The van der Waals surface area contributed by atoms with Crippen LogP contribution in [0.1, 0.15) is 6.42 Å². The number of anilines is 1. The summed E-state index contributed by atoms with van der Waals surface area (Å²) in [6, 6.07) is 13.0. The van der Waals surface area contributed by atoms with Gasteiger partial charge >= 0.3 is 5.63 Å². The molecule has 0 spiro atoms. The van der Waals surface area contributed by atoms with Gasteiger partial charge in [0.25, 0.3) is 0 Å². The molecule has 7 nitrogen and oxygen atoms in total. The molecule has 0 saturated carbocycles. The number of nitrogens with one attached hydrogen (secondary N) is 1. The van der Waals surface area contributed by atoms with Crippen LogP contribution in [0.4, 0.5) is 5.82 Å². The molecule has 28 heavy (non-hydrogen) atoms. The first-order valence-corrected chi connectivity index (χ1v) is 9.04. The first kappa shape index (κ1) is 18.5. The second-order valence-corrected chi connectivity index (χ2v) is 6.59. The summed E-state index contributed by atoms with van der Waals surface area (Å²) in [6.45, 7) is 3.73. The molecule has 4 heterocycles. The molecule has 144 valence electrons. The summed E-state index contributed by atoms with van der Waals surface area (Å²) < 4.78 is 11.2. The number of hydrogen-bond acceptors (Lipinski definition) is 7. The number of hydrogen-bond donors (Lipinski definition) is 1. The van der Waals surface area contributed by atoms with Gasteiger partial charge in [-0.1, -0.05) is 12.1 Å². The molecule has 4 aromatic rings. The molecule has 0 aliphatic carbocycles. The number of fused-ring (bicyclic) bond motifs is 2. The summed E-state index contributed by atoms with van der Waals surface area (Å²) in [4.78, 5) is 23.7. The zero-order chi connectivity index (χ0) is 18.2. The van der Waals surface area contributed by atoms with Crippen LogP contribution in [0.5, 0.6) is 0 Å². The van der Waals surface area contributed by atoms with Crippen LogP contribution in [0.15, 0.2) is 56.1 Å². The zero-order valence-corrected chi connectivity index (χ0v) is 15.9. The van der Waals surface area contributed by atoms with Crippen LogP contribution in [-0.4, -0.2) is 36.1 Å². The molecule has 8 heteroatoms. The van der Waals surface area contributed by atoms with E-state index in [-0.39, 0.29) is 18.3 Å². The molecular formula is C20H19ClN4O3. The van der Waals surface area contributed by atoms with Gasteiger partial charge in [-0.25, -0.2) is 9.78 Å². The third-order valence-corrected chi connectivity index (χ3v) is 4.77. The minimum Gasteiger partial charge on any atom is -0.436 e. The van der Waals surface area contributed by atoms with Gasteiger partial charge in [-0.2, -0.15) is 4.98 Å². The molecule has 1 N–H and O–H groups in total. The number of rotatable bonds is 2. The Kier molecular flexibility index (Phi) is 5.02. The molecule has 1 aliphatic heterocycles. The Morgan fingerprint density at radius 2 is 1.89 bits per heavy atom. The van der Waals surface area contributed by atoms with Crippen LogP contribution in [0, 0.1) is 0 Å². The van der Waals surface area contributed by atoms with Crippen molar-refractivity contribution >= 4 is 40.4 Å². The topological polar surface area (TPSA) is 84.4 Å². The van der Waals surface area contributed by atoms with Crippen LogP contribution in [0.3, 0.4) is 0 Å². The van der Waals surface area contributed by atoms with E-state index in [1.54, 1.807) is 6.07 Å². The molecule has 1 aliphatic rings. The van der Waals surface area contributed by atoms with E-state index in [4.69, 9.17) is 8.83 Å². The Bertz CT molecular complexity index is 1150. The maximum Gasteiger partial charge on any atom is 0.350 e. The highest BCUT2D eigenvalue weighted by atomic mass is 35.5. The van der Waals surface area contributed by atoms with E-state index in [9.17, 15) is 4.79 Å². The van der Waals surface area contributed by atoms with E-state index >= 15 is 0 Å². The van der Waals surface area contributed by atoms with Gasteiger partial charge in [0.15, 0.2) is 5.58 Å². The fourth-order valence-electron chi connectivity index (χ4n) is 3.38.